The van der Waals surface area contributed by atoms with Crippen molar-refractivity contribution in [3.05, 3.63) is 12.3 Å². The molecule has 1 aromatic heterocycles. The summed E-state index contributed by atoms with van der Waals surface area (Å²) in [5.74, 6) is 0.265. The van der Waals surface area contributed by atoms with Gasteiger partial charge in [-0.3, -0.25) is 4.79 Å². The SMILES string of the molecule is COc1nccc(N(C)C)c1NC(C)=O. The number of ether oxygens (including phenoxy) is 1. The van der Waals surface area contributed by atoms with Crippen LogP contribution in [0.25, 0.3) is 0 Å². The molecule has 0 spiro atoms. The molecule has 0 saturated heterocycles. The zero-order valence-electron chi connectivity index (χ0n) is 9.37. The summed E-state index contributed by atoms with van der Waals surface area (Å²) in [6.07, 6.45) is 1.64. The number of carbonyl (C=O) groups excluding carboxylic acids is 1. The fourth-order valence-corrected chi connectivity index (χ4v) is 1.25. The third kappa shape index (κ3) is 2.59. The average molecular weight is 209 g/mol. The van der Waals surface area contributed by atoms with Gasteiger partial charge in [-0.25, -0.2) is 4.98 Å². The monoisotopic (exact) mass is 209 g/mol. The highest BCUT2D eigenvalue weighted by Crippen LogP contribution is 2.31. The van der Waals surface area contributed by atoms with Gasteiger partial charge in [0.25, 0.3) is 0 Å². The zero-order valence-corrected chi connectivity index (χ0v) is 9.37. The molecule has 1 N–H and O–H groups in total. The average Bonchev–Trinajstić information content (AvgIpc) is 2.16. The summed E-state index contributed by atoms with van der Waals surface area (Å²) in [5, 5.41) is 2.71. The van der Waals surface area contributed by atoms with Gasteiger partial charge < -0.3 is 15.0 Å². The van der Waals surface area contributed by atoms with E-state index in [1.807, 2.05) is 25.1 Å². The van der Waals surface area contributed by atoms with Crippen molar-refractivity contribution >= 4 is 17.3 Å². The number of hydrogen-bond acceptors (Lipinski definition) is 4. The van der Waals surface area contributed by atoms with E-state index in [9.17, 15) is 4.79 Å². The number of carbonyl (C=O) groups is 1. The summed E-state index contributed by atoms with van der Waals surface area (Å²) in [4.78, 5) is 17.0. The van der Waals surface area contributed by atoms with E-state index < -0.39 is 0 Å². The van der Waals surface area contributed by atoms with Crippen LogP contribution in [0.4, 0.5) is 11.4 Å². The van der Waals surface area contributed by atoms with E-state index in [1.54, 1.807) is 6.20 Å². The Labute approximate surface area is 89.1 Å². The maximum Gasteiger partial charge on any atom is 0.239 e. The Morgan fingerprint density at radius 1 is 1.53 bits per heavy atom. The molecule has 0 saturated carbocycles. The molecule has 0 bridgehead atoms. The first-order chi connectivity index (χ1) is 7.06. The summed E-state index contributed by atoms with van der Waals surface area (Å²) in [6, 6.07) is 1.81. The molecule has 1 amide bonds. The van der Waals surface area contributed by atoms with Crippen molar-refractivity contribution in [2.45, 2.75) is 6.92 Å². The summed E-state index contributed by atoms with van der Waals surface area (Å²) in [7, 11) is 5.30. The number of rotatable bonds is 3. The van der Waals surface area contributed by atoms with Crippen LogP contribution < -0.4 is 15.0 Å². The minimum atomic E-state index is -0.149. The van der Waals surface area contributed by atoms with Crippen molar-refractivity contribution in [2.75, 3.05) is 31.4 Å². The van der Waals surface area contributed by atoms with Crippen molar-refractivity contribution in [3.63, 3.8) is 0 Å². The normalized spacial score (nSPS) is 9.60. The highest BCUT2D eigenvalue weighted by Gasteiger charge is 2.12. The van der Waals surface area contributed by atoms with Crippen molar-refractivity contribution in [2.24, 2.45) is 0 Å². The van der Waals surface area contributed by atoms with Crippen molar-refractivity contribution in [3.8, 4) is 5.88 Å². The van der Waals surface area contributed by atoms with Gasteiger partial charge in [0.2, 0.25) is 11.8 Å². The third-order valence-electron chi connectivity index (χ3n) is 1.87. The molecule has 0 aliphatic rings. The standard InChI is InChI=1S/C10H15N3O2/c1-7(14)12-9-8(13(2)3)5-6-11-10(9)15-4/h5-6H,1-4H3,(H,12,14). The lowest BCUT2D eigenvalue weighted by molar-refractivity contribution is -0.114. The van der Waals surface area contributed by atoms with Gasteiger partial charge in [0, 0.05) is 27.2 Å². The molecule has 1 aromatic rings. The second-order valence-electron chi connectivity index (χ2n) is 3.29. The largest absolute Gasteiger partial charge is 0.479 e. The van der Waals surface area contributed by atoms with Gasteiger partial charge in [-0.05, 0) is 6.07 Å². The molecule has 0 fully saturated rings. The van der Waals surface area contributed by atoms with Crippen LogP contribution in [-0.4, -0.2) is 32.1 Å². The van der Waals surface area contributed by atoms with E-state index >= 15 is 0 Å². The van der Waals surface area contributed by atoms with Crippen LogP contribution in [0.1, 0.15) is 6.92 Å². The number of hydrogen-bond donors (Lipinski definition) is 1. The molecule has 0 aromatic carbocycles. The molecule has 5 heteroatoms. The highest BCUT2D eigenvalue weighted by atomic mass is 16.5. The predicted molar refractivity (Wildman–Crippen MR) is 59.4 cm³/mol. The molecular formula is C10H15N3O2. The number of amides is 1. The quantitative estimate of drug-likeness (QED) is 0.810. The van der Waals surface area contributed by atoms with E-state index in [2.05, 4.69) is 10.3 Å². The van der Waals surface area contributed by atoms with E-state index in [4.69, 9.17) is 4.74 Å². The third-order valence-corrected chi connectivity index (χ3v) is 1.87. The number of nitrogens with zero attached hydrogens (tertiary/aromatic N) is 2. The second kappa shape index (κ2) is 4.63. The molecule has 1 rings (SSSR count). The summed E-state index contributed by atoms with van der Waals surface area (Å²) in [5.41, 5.74) is 1.45. The number of nitrogens with one attached hydrogen (secondary N) is 1. The van der Waals surface area contributed by atoms with Crippen molar-refractivity contribution < 1.29 is 9.53 Å². The van der Waals surface area contributed by atoms with E-state index in [0.717, 1.165) is 5.69 Å². The van der Waals surface area contributed by atoms with Gasteiger partial charge >= 0.3 is 0 Å². The maximum absolute atomic E-state index is 11.0. The molecule has 82 valence electrons. The van der Waals surface area contributed by atoms with E-state index in [1.165, 1.54) is 14.0 Å². The van der Waals surface area contributed by atoms with Gasteiger partial charge in [-0.2, -0.15) is 0 Å². The first-order valence-corrected chi connectivity index (χ1v) is 4.54. The summed E-state index contributed by atoms with van der Waals surface area (Å²) >= 11 is 0. The van der Waals surface area contributed by atoms with Gasteiger partial charge in [0.1, 0.15) is 5.69 Å². The lowest BCUT2D eigenvalue weighted by Gasteiger charge is -2.18. The molecule has 0 unspecified atom stereocenters. The van der Waals surface area contributed by atoms with Gasteiger partial charge in [-0.1, -0.05) is 0 Å². The Kier molecular flexibility index (Phi) is 3.49. The topological polar surface area (TPSA) is 54.5 Å². The maximum atomic E-state index is 11.0. The number of anilines is 2. The van der Waals surface area contributed by atoms with Crippen LogP contribution in [0.15, 0.2) is 12.3 Å². The van der Waals surface area contributed by atoms with Crippen LogP contribution in [0.5, 0.6) is 5.88 Å². The highest BCUT2D eigenvalue weighted by molar-refractivity contribution is 5.94. The Hall–Kier alpha value is -1.78. The van der Waals surface area contributed by atoms with Gasteiger partial charge in [0.05, 0.1) is 12.8 Å². The molecule has 0 aliphatic carbocycles. The van der Waals surface area contributed by atoms with Gasteiger partial charge in [-0.15, -0.1) is 0 Å². The first kappa shape index (κ1) is 11.3. The smallest absolute Gasteiger partial charge is 0.239 e. The Morgan fingerprint density at radius 3 is 2.67 bits per heavy atom. The Bertz CT molecular complexity index is 364. The number of aromatic nitrogens is 1. The summed E-state index contributed by atoms with van der Waals surface area (Å²) in [6.45, 7) is 1.45. The Morgan fingerprint density at radius 2 is 2.20 bits per heavy atom. The van der Waals surface area contributed by atoms with Crippen LogP contribution in [0.3, 0.4) is 0 Å². The lowest BCUT2D eigenvalue weighted by Crippen LogP contribution is -2.15. The minimum absolute atomic E-state index is 0.149. The number of pyridine rings is 1. The molecule has 1 heterocycles. The fraction of sp³-hybridized carbons (Fsp3) is 0.400. The van der Waals surface area contributed by atoms with Crippen LogP contribution in [0.2, 0.25) is 0 Å². The van der Waals surface area contributed by atoms with E-state index in [0.29, 0.717) is 11.6 Å². The number of methoxy groups -OCH3 is 1. The molecule has 15 heavy (non-hydrogen) atoms. The second-order valence-corrected chi connectivity index (χ2v) is 3.29. The Balaban J connectivity index is 3.20. The van der Waals surface area contributed by atoms with Crippen LogP contribution in [-0.2, 0) is 4.79 Å². The summed E-state index contributed by atoms with van der Waals surface area (Å²) < 4.78 is 5.08. The molecule has 0 atom stereocenters. The van der Waals surface area contributed by atoms with Crippen molar-refractivity contribution in [1.82, 2.24) is 4.98 Å². The fourth-order valence-electron chi connectivity index (χ4n) is 1.25. The van der Waals surface area contributed by atoms with Crippen LogP contribution in [0, 0.1) is 0 Å². The molecular weight excluding hydrogens is 194 g/mol. The predicted octanol–water partition coefficient (Wildman–Crippen LogP) is 1.11. The molecule has 0 radical (unpaired) electrons. The lowest BCUT2D eigenvalue weighted by atomic mass is 10.3. The van der Waals surface area contributed by atoms with E-state index in [-0.39, 0.29) is 5.91 Å². The zero-order chi connectivity index (χ0) is 11.4. The minimum Gasteiger partial charge on any atom is -0.479 e. The van der Waals surface area contributed by atoms with Gasteiger partial charge in [0.15, 0.2) is 0 Å². The molecule has 5 nitrogen and oxygen atoms in total. The van der Waals surface area contributed by atoms with Crippen LogP contribution >= 0.6 is 0 Å². The van der Waals surface area contributed by atoms with Crippen molar-refractivity contribution in [1.29, 1.82) is 0 Å². The molecule has 0 aliphatic heterocycles. The first-order valence-electron chi connectivity index (χ1n) is 4.54.